The number of amides is 1. The fraction of sp³-hybridized carbons (Fsp3) is 0.458. The lowest BCUT2D eigenvalue weighted by Crippen LogP contribution is -2.40. The number of hydrogen-bond donors (Lipinski definition) is 3. The van der Waals surface area contributed by atoms with Crippen LogP contribution in [0.25, 0.3) is 22.3 Å². The number of nitrogens with one attached hydrogen (secondary N) is 2. The van der Waals surface area contributed by atoms with Crippen LogP contribution in [0, 0.1) is 11.7 Å². The lowest BCUT2D eigenvalue weighted by Gasteiger charge is -2.26. The predicted octanol–water partition coefficient (Wildman–Crippen LogP) is 3.56. The standard InChI is InChI=1S/C24H28FN5O3/c1-32-20-9-19(33-11-13-2-3-13)16(8-18(20)25)21-23-22(29-12-28-21)17(10-27-23)24(31)30-15-6-4-14(26)5-7-15/h8-10,12-15,27H,2-7,11,26H2,1H3,(H,30,31). The maximum Gasteiger partial charge on any atom is 0.255 e. The van der Waals surface area contributed by atoms with Gasteiger partial charge in [-0.2, -0.15) is 0 Å². The van der Waals surface area contributed by atoms with Gasteiger partial charge < -0.3 is 25.5 Å². The van der Waals surface area contributed by atoms with Gasteiger partial charge in [-0.05, 0) is 50.5 Å². The molecule has 0 saturated heterocycles. The Hall–Kier alpha value is -3.20. The normalized spacial score (nSPS) is 20.6. The highest BCUT2D eigenvalue weighted by Crippen LogP contribution is 2.39. The molecule has 0 radical (unpaired) electrons. The van der Waals surface area contributed by atoms with Crippen molar-refractivity contribution in [2.75, 3.05) is 13.7 Å². The molecule has 0 spiro atoms. The number of carbonyl (C=O) groups is 1. The van der Waals surface area contributed by atoms with Gasteiger partial charge in [0.1, 0.15) is 23.3 Å². The number of benzene rings is 1. The average Bonchev–Trinajstić information content (AvgIpc) is 3.55. The average molecular weight is 454 g/mol. The summed E-state index contributed by atoms with van der Waals surface area (Å²) in [5.41, 5.74) is 8.38. The molecule has 0 bridgehead atoms. The van der Waals surface area contributed by atoms with E-state index in [2.05, 4.69) is 20.3 Å². The molecule has 0 atom stereocenters. The van der Waals surface area contributed by atoms with Crippen molar-refractivity contribution in [3.63, 3.8) is 0 Å². The summed E-state index contributed by atoms with van der Waals surface area (Å²) >= 11 is 0. The van der Waals surface area contributed by atoms with Crippen LogP contribution in [0.2, 0.25) is 0 Å². The van der Waals surface area contributed by atoms with E-state index in [0.29, 0.717) is 46.1 Å². The topological polar surface area (TPSA) is 115 Å². The summed E-state index contributed by atoms with van der Waals surface area (Å²) in [5.74, 6) is 0.401. The summed E-state index contributed by atoms with van der Waals surface area (Å²) in [5, 5.41) is 3.09. The van der Waals surface area contributed by atoms with Crippen molar-refractivity contribution in [1.29, 1.82) is 0 Å². The number of carbonyl (C=O) groups excluding carboxylic acids is 1. The highest BCUT2D eigenvalue weighted by atomic mass is 19.1. The zero-order valence-electron chi connectivity index (χ0n) is 18.6. The molecule has 2 aromatic heterocycles. The van der Waals surface area contributed by atoms with E-state index in [1.54, 1.807) is 12.3 Å². The van der Waals surface area contributed by atoms with Crippen molar-refractivity contribution in [3.05, 3.63) is 36.0 Å². The Morgan fingerprint density at radius 2 is 1.97 bits per heavy atom. The Bertz CT molecular complexity index is 1170. The summed E-state index contributed by atoms with van der Waals surface area (Å²) in [6, 6.07) is 3.21. The van der Waals surface area contributed by atoms with E-state index >= 15 is 0 Å². The van der Waals surface area contributed by atoms with Crippen molar-refractivity contribution < 1.29 is 18.7 Å². The van der Waals surface area contributed by atoms with Crippen molar-refractivity contribution >= 4 is 16.9 Å². The fourth-order valence-corrected chi connectivity index (χ4v) is 4.33. The van der Waals surface area contributed by atoms with Crippen LogP contribution in [0.4, 0.5) is 4.39 Å². The van der Waals surface area contributed by atoms with Gasteiger partial charge in [0, 0.05) is 29.9 Å². The molecule has 2 fully saturated rings. The molecule has 0 aliphatic heterocycles. The molecular weight excluding hydrogens is 425 g/mol. The van der Waals surface area contributed by atoms with E-state index in [1.165, 1.54) is 19.5 Å². The van der Waals surface area contributed by atoms with Crippen molar-refractivity contribution in [1.82, 2.24) is 20.3 Å². The third kappa shape index (κ3) is 4.50. The van der Waals surface area contributed by atoms with Crippen LogP contribution < -0.4 is 20.5 Å². The van der Waals surface area contributed by atoms with Crippen molar-refractivity contribution in [3.8, 4) is 22.8 Å². The molecule has 3 aromatic rings. The van der Waals surface area contributed by atoms with Crippen LogP contribution in [0.5, 0.6) is 11.5 Å². The van der Waals surface area contributed by atoms with Gasteiger partial charge in [-0.1, -0.05) is 0 Å². The Kier molecular flexibility index (Phi) is 5.88. The molecule has 174 valence electrons. The number of hydrogen-bond acceptors (Lipinski definition) is 6. The summed E-state index contributed by atoms with van der Waals surface area (Å²) in [4.78, 5) is 24.8. The van der Waals surface area contributed by atoms with Gasteiger partial charge in [0.2, 0.25) is 0 Å². The summed E-state index contributed by atoms with van der Waals surface area (Å²) < 4.78 is 25.8. The van der Waals surface area contributed by atoms with Crippen LogP contribution >= 0.6 is 0 Å². The van der Waals surface area contributed by atoms with Gasteiger partial charge in [-0.3, -0.25) is 4.79 Å². The van der Waals surface area contributed by atoms with Crippen molar-refractivity contribution in [2.24, 2.45) is 11.7 Å². The molecule has 4 N–H and O–H groups in total. The number of rotatable bonds is 7. The van der Waals surface area contributed by atoms with Crippen LogP contribution in [-0.4, -0.2) is 46.7 Å². The summed E-state index contributed by atoms with van der Waals surface area (Å²) in [7, 11) is 1.42. The third-order valence-electron chi connectivity index (χ3n) is 6.50. The van der Waals surface area contributed by atoms with Crippen LogP contribution in [0.3, 0.4) is 0 Å². The monoisotopic (exact) mass is 453 g/mol. The number of nitrogens with zero attached hydrogens (tertiary/aromatic N) is 2. The minimum absolute atomic E-state index is 0.0988. The van der Waals surface area contributed by atoms with E-state index in [9.17, 15) is 9.18 Å². The van der Waals surface area contributed by atoms with Gasteiger partial charge in [0.15, 0.2) is 11.6 Å². The Morgan fingerprint density at radius 3 is 2.70 bits per heavy atom. The van der Waals surface area contributed by atoms with Crippen LogP contribution in [0.15, 0.2) is 24.7 Å². The number of methoxy groups -OCH3 is 1. The van der Waals surface area contributed by atoms with E-state index in [0.717, 1.165) is 38.5 Å². The Balaban J connectivity index is 1.47. The zero-order valence-corrected chi connectivity index (χ0v) is 18.6. The molecule has 2 aliphatic rings. The first kappa shape index (κ1) is 21.6. The minimum atomic E-state index is -0.516. The number of aromatic nitrogens is 3. The van der Waals surface area contributed by atoms with Gasteiger partial charge >= 0.3 is 0 Å². The quantitative estimate of drug-likeness (QED) is 0.504. The predicted molar refractivity (Wildman–Crippen MR) is 122 cm³/mol. The molecule has 2 heterocycles. The smallest absolute Gasteiger partial charge is 0.255 e. The summed E-state index contributed by atoms with van der Waals surface area (Å²) in [6.45, 7) is 0.555. The molecule has 1 amide bonds. The van der Waals surface area contributed by atoms with Crippen LogP contribution in [0.1, 0.15) is 48.9 Å². The number of nitrogens with two attached hydrogens (primary N) is 1. The molecule has 0 unspecified atom stereocenters. The van der Waals surface area contributed by atoms with Gasteiger partial charge in [-0.25, -0.2) is 14.4 Å². The zero-order chi connectivity index (χ0) is 22.9. The molecule has 1 aromatic carbocycles. The van der Waals surface area contributed by atoms with Gasteiger partial charge in [0.25, 0.3) is 5.91 Å². The first-order chi connectivity index (χ1) is 16.0. The third-order valence-corrected chi connectivity index (χ3v) is 6.50. The Morgan fingerprint density at radius 1 is 1.18 bits per heavy atom. The molecule has 2 saturated carbocycles. The molecule has 33 heavy (non-hydrogen) atoms. The maximum atomic E-state index is 14.6. The number of aromatic amines is 1. The van der Waals surface area contributed by atoms with Gasteiger partial charge in [-0.15, -0.1) is 0 Å². The number of halogens is 1. The van der Waals surface area contributed by atoms with Crippen LogP contribution in [-0.2, 0) is 0 Å². The minimum Gasteiger partial charge on any atom is -0.494 e. The molecular formula is C24H28FN5O3. The molecule has 2 aliphatic carbocycles. The molecule has 9 heteroatoms. The molecule has 8 nitrogen and oxygen atoms in total. The van der Waals surface area contributed by atoms with E-state index in [1.807, 2.05) is 0 Å². The lowest BCUT2D eigenvalue weighted by atomic mass is 9.91. The first-order valence-corrected chi connectivity index (χ1v) is 11.4. The SMILES string of the molecule is COc1cc(OCC2CC2)c(-c2ncnc3c(C(=O)NC4CCC(N)CC4)c[nH]c23)cc1F. The number of fused-ring (bicyclic) bond motifs is 1. The van der Waals surface area contributed by atoms with Gasteiger partial charge in [0.05, 0.1) is 24.8 Å². The highest BCUT2D eigenvalue weighted by Gasteiger charge is 2.26. The second-order valence-corrected chi connectivity index (χ2v) is 8.97. The number of H-pyrrole nitrogens is 1. The van der Waals surface area contributed by atoms with E-state index in [4.69, 9.17) is 15.2 Å². The number of ether oxygens (including phenoxy) is 2. The fourth-order valence-electron chi connectivity index (χ4n) is 4.33. The summed E-state index contributed by atoms with van der Waals surface area (Å²) in [6.07, 6.45) is 8.80. The van der Waals surface area contributed by atoms with E-state index in [-0.39, 0.29) is 23.7 Å². The van der Waals surface area contributed by atoms with E-state index < -0.39 is 5.82 Å². The second-order valence-electron chi connectivity index (χ2n) is 8.97. The second kappa shape index (κ2) is 8.97. The van der Waals surface area contributed by atoms with Crippen molar-refractivity contribution in [2.45, 2.75) is 50.6 Å². The molecule has 5 rings (SSSR count). The highest BCUT2D eigenvalue weighted by molar-refractivity contribution is 6.08. The Labute approximate surface area is 191 Å². The maximum absolute atomic E-state index is 14.6. The first-order valence-electron chi connectivity index (χ1n) is 11.4. The lowest BCUT2D eigenvalue weighted by molar-refractivity contribution is 0.0927. The largest absolute Gasteiger partial charge is 0.494 e.